The van der Waals surface area contributed by atoms with Crippen LogP contribution in [-0.4, -0.2) is 0 Å². The Morgan fingerprint density at radius 1 is 0.724 bits per heavy atom. The molecule has 5 rings (SSSR count). The second-order valence-corrected chi connectivity index (χ2v) is 11.2. The average molecular weight is 395 g/mol. The summed E-state index contributed by atoms with van der Waals surface area (Å²) in [6, 6.07) is 9.78. The highest BCUT2D eigenvalue weighted by atomic mass is 14.6. The van der Waals surface area contributed by atoms with Crippen molar-refractivity contribution in [1.29, 1.82) is 0 Å². The summed E-state index contributed by atoms with van der Waals surface area (Å²) in [7, 11) is 0. The molecule has 0 heteroatoms. The van der Waals surface area contributed by atoms with Crippen molar-refractivity contribution in [3.63, 3.8) is 0 Å². The summed E-state index contributed by atoms with van der Waals surface area (Å²) in [5, 5.41) is 0. The number of hydrogen-bond donors (Lipinski definition) is 0. The number of aryl methyl sites for hydroxylation is 1. The summed E-state index contributed by atoms with van der Waals surface area (Å²) in [4.78, 5) is 0. The first kappa shape index (κ1) is 21.5. The van der Waals surface area contributed by atoms with Crippen LogP contribution in [0.1, 0.15) is 134 Å². The van der Waals surface area contributed by atoms with Crippen LogP contribution in [0.2, 0.25) is 0 Å². The van der Waals surface area contributed by atoms with Gasteiger partial charge in [-0.3, -0.25) is 0 Å². The Hall–Kier alpha value is -0.780. The van der Waals surface area contributed by atoms with E-state index in [2.05, 4.69) is 38.1 Å². The van der Waals surface area contributed by atoms with Crippen molar-refractivity contribution in [3.8, 4) is 0 Å². The minimum Gasteiger partial charge on any atom is -0.0654 e. The Balaban J connectivity index is 1.28. The van der Waals surface area contributed by atoms with Gasteiger partial charge in [-0.1, -0.05) is 63.8 Å². The molecule has 1 aromatic rings. The second kappa shape index (κ2) is 9.57. The zero-order valence-electron chi connectivity index (χ0n) is 19.5. The van der Waals surface area contributed by atoms with Crippen molar-refractivity contribution in [2.24, 2.45) is 16.7 Å². The van der Waals surface area contributed by atoms with E-state index in [4.69, 9.17) is 0 Å². The molecule has 1 aromatic carbocycles. The van der Waals surface area contributed by atoms with Gasteiger partial charge in [0.25, 0.3) is 0 Å². The molecule has 4 saturated carbocycles. The number of hydrogen-bond acceptors (Lipinski definition) is 0. The second-order valence-electron chi connectivity index (χ2n) is 11.2. The summed E-state index contributed by atoms with van der Waals surface area (Å²) < 4.78 is 0. The van der Waals surface area contributed by atoms with E-state index in [1.807, 2.05) is 0 Å². The van der Waals surface area contributed by atoms with Gasteiger partial charge in [-0.2, -0.15) is 0 Å². The van der Waals surface area contributed by atoms with Crippen LogP contribution in [-0.2, 0) is 6.42 Å². The Kier molecular flexibility index (Phi) is 7.08. The molecule has 0 N–H and O–H groups in total. The van der Waals surface area contributed by atoms with Gasteiger partial charge < -0.3 is 0 Å². The van der Waals surface area contributed by atoms with Crippen LogP contribution in [0.5, 0.6) is 0 Å². The third-order valence-electron chi connectivity index (χ3n) is 9.63. The maximum atomic E-state index is 2.47. The molecule has 0 atom stereocenters. The first-order valence-corrected chi connectivity index (χ1v) is 13.3. The minimum absolute atomic E-state index is 0.752. The maximum Gasteiger partial charge on any atom is -0.0162 e. The lowest BCUT2D eigenvalue weighted by Gasteiger charge is -2.58. The first-order valence-electron chi connectivity index (χ1n) is 13.3. The van der Waals surface area contributed by atoms with Crippen LogP contribution in [0, 0.1) is 16.7 Å². The molecule has 2 bridgehead atoms. The van der Waals surface area contributed by atoms with Crippen LogP contribution in [0.3, 0.4) is 0 Å². The third kappa shape index (κ3) is 4.77. The van der Waals surface area contributed by atoms with E-state index in [1.165, 1.54) is 70.6 Å². The van der Waals surface area contributed by atoms with E-state index in [-0.39, 0.29) is 0 Å². The fourth-order valence-electron chi connectivity index (χ4n) is 7.41. The van der Waals surface area contributed by atoms with Gasteiger partial charge in [-0.05, 0) is 117 Å². The van der Waals surface area contributed by atoms with E-state index < -0.39 is 0 Å². The van der Waals surface area contributed by atoms with E-state index in [1.54, 1.807) is 49.7 Å². The molecule has 4 aliphatic rings. The molecule has 0 nitrogen and oxygen atoms in total. The summed E-state index contributed by atoms with van der Waals surface area (Å²) in [5.41, 5.74) is 4.70. The van der Waals surface area contributed by atoms with E-state index in [0.29, 0.717) is 0 Å². The highest BCUT2D eigenvalue weighted by Gasteiger charge is 2.51. The Morgan fingerprint density at radius 2 is 1.34 bits per heavy atom. The fraction of sp³-hybridized carbons (Fsp3) is 0.793. The molecule has 0 saturated heterocycles. The van der Waals surface area contributed by atoms with E-state index in [0.717, 1.165) is 22.7 Å². The normalized spacial score (nSPS) is 34.4. The largest absolute Gasteiger partial charge is 0.0654 e. The Morgan fingerprint density at radius 3 is 1.93 bits per heavy atom. The SMILES string of the molecule is CCCCCc1ccc(C2CCC(C34CCC(CCCC)(CC3)CC4)CC2)cc1. The summed E-state index contributed by atoms with van der Waals surface area (Å²) in [5.74, 6) is 1.87. The van der Waals surface area contributed by atoms with E-state index >= 15 is 0 Å². The first-order chi connectivity index (χ1) is 14.2. The van der Waals surface area contributed by atoms with Crippen molar-refractivity contribution in [2.75, 3.05) is 0 Å². The van der Waals surface area contributed by atoms with Crippen LogP contribution >= 0.6 is 0 Å². The number of benzene rings is 1. The number of unbranched alkanes of at least 4 members (excludes halogenated alkanes) is 3. The molecular weight excluding hydrogens is 348 g/mol. The lowest BCUT2D eigenvalue weighted by molar-refractivity contribution is -0.0629. The van der Waals surface area contributed by atoms with Gasteiger partial charge in [0.1, 0.15) is 0 Å². The van der Waals surface area contributed by atoms with Gasteiger partial charge in [-0.25, -0.2) is 0 Å². The standard InChI is InChI=1S/C29H46/c1-3-5-7-8-24-9-11-25(12-10-24)26-13-15-27(16-14-26)29-21-18-28(19-22-29,20-23-29)17-6-4-2/h9-12,26-27H,3-8,13-23H2,1-2H3. The van der Waals surface area contributed by atoms with Gasteiger partial charge >= 0.3 is 0 Å². The van der Waals surface area contributed by atoms with E-state index in [9.17, 15) is 0 Å². The van der Waals surface area contributed by atoms with Crippen LogP contribution in [0.25, 0.3) is 0 Å². The molecule has 29 heavy (non-hydrogen) atoms. The van der Waals surface area contributed by atoms with Crippen LogP contribution < -0.4 is 0 Å². The van der Waals surface area contributed by atoms with Gasteiger partial charge in [0.15, 0.2) is 0 Å². The third-order valence-corrected chi connectivity index (χ3v) is 9.63. The Bertz CT molecular complexity index is 591. The number of fused-ring (bicyclic) bond motifs is 3. The molecule has 0 heterocycles. The molecule has 0 unspecified atom stereocenters. The lowest BCUT2D eigenvalue weighted by atomic mass is 9.47. The molecular formula is C29H46. The molecule has 0 spiro atoms. The quantitative estimate of drug-likeness (QED) is 0.366. The van der Waals surface area contributed by atoms with Gasteiger partial charge in [0.05, 0.1) is 0 Å². The van der Waals surface area contributed by atoms with Crippen molar-refractivity contribution < 1.29 is 0 Å². The molecule has 0 radical (unpaired) electrons. The highest BCUT2D eigenvalue weighted by molar-refractivity contribution is 5.26. The van der Waals surface area contributed by atoms with Gasteiger partial charge in [0, 0.05) is 0 Å². The minimum atomic E-state index is 0.752. The topological polar surface area (TPSA) is 0 Å². The monoisotopic (exact) mass is 394 g/mol. The van der Waals surface area contributed by atoms with Crippen molar-refractivity contribution in [3.05, 3.63) is 35.4 Å². The summed E-state index contributed by atoms with van der Waals surface area (Å²) in [6.07, 6.45) is 25.0. The predicted octanol–water partition coefficient (Wildman–Crippen LogP) is 9.22. The lowest BCUT2D eigenvalue weighted by Crippen LogP contribution is -2.46. The van der Waals surface area contributed by atoms with Crippen molar-refractivity contribution in [1.82, 2.24) is 0 Å². The zero-order valence-corrected chi connectivity index (χ0v) is 19.5. The molecule has 0 aliphatic heterocycles. The molecule has 4 aliphatic carbocycles. The fourth-order valence-corrected chi connectivity index (χ4v) is 7.41. The van der Waals surface area contributed by atoms with Crippen molar-refractivity contribution >= 4 is 0 Å². The molecule has 4 fully saturated rings. The summed E-state index contributed by atoms with van der Waals surface area (Å²) in [6.45, 7) is 4.66. The zero-order chi connectivity index (χ0) is 20.2. The van der Waals surface area contributed by atoms with Crippen LogP contribution in [0.4, 0.5) is 0 Å². The molecule has 162 valence electrons. The summed E-state index contributed by atoms with van der Waals surface area (Å²) >= 11 is 0. The average Bonchev–Trinajstić information content (AvgIpc) is 2.80. The Labute approximate surface area is 181 Å². The predicted molar refractivity (Wildman–Crippen MR) is 126 cm³/mol. The molecule has 0 amide bonds. The van der Waals surface area contributed by atoms with Crippen molar-refractivity contribution in [2.45, 2.75) is 129 Å². The maximum absolute atomic E-state index is 2.47. The molecule has 0 aromatic heterocycles. The smallest absolute Gasteiger partial charge is 0.0162 e. The van der Waals surface area contributed by atoms with Crippen LogP contribution in [0.15, 0.2) is 24.3 Å². The van der Waals surface area contributed by atoms with Gasteiger partial charge in [-0.15, -0.1) is 0 Å². The van der Waals surface area contributed by atoms with Gasteiger partial charge in [0.2, 0.25) is 0 Å². The highest BCUT2D eigenvalue weighted by Crippen LogP contribution is 2.63. The number of rotatable bonds is 9.